The maximum Gasteiger partial charge on any atom is 0.264 e. The van der Waals surface area contributed by atoms with E-state index in [0.29, 0.717) is 19.4 Å². The highest BCUT2D eigenvalue weighted by Crippen LogP contribution is 2.39. The quantitative estimate of drug-likeness (QED) is 0.461. The Bertz CT molecular complexity index is 887. The number of carbonyl (C=O) groups excluding carboxylic acids is 5. The number of unbranched alkanes of at least 4 members (excludes halogenated alkanes) is 1. The summed E-state index contributed by atoms with van der Waals surface area (Å²) in [5.74, 6) is -2.73. The average Bonchev–Trinajstić information content (AvgIpc) is 2.89. The van der Waals surface area contributed by atoms with Gasteiger partial charge in [0, 0.05) is 13.3 Å². The summed E-state index contributed by atoms with van der Waals surface area (Å²) >= 11 is 0. The molecule has 0 aromatic heterocycles. The monoisotopic (exact) mass is 422 g/mol. The Morgan fingerprint density at radius 2 is 1.93 bits per heavy atom. The summed E-state index contributed by atoms with van der Waals surface area (Å²) in [5, 5.41) is 4.82. The summed E-state index contributed by atoms with van der Waals surface area (Å²) in [5.41, 5.74) is 4.49. The zero-order chi connectivity index (χ0) is 20.5. The fourth-order valence-electron chi connectivity index (χ4n) is 3.83. The first-order valence-electron chi connectivity index (χ1n) is 9.15. The van der Waals surface area contributed by atoms with Gasteiger partial charge in [-0.3, -0.25) is 34.2 Å². The van der Waals surface area contributed by atoms with E-state index in [1.54, 1.807) is 6.07 Å². The molecule has 1 aromatic rings. The molecule has 156 valence electrons. The number of nitrogens with two attached hydrogens (primary N) is 1. The van der Waals surface area contributed by atoms with Crippen LogP contribution >= 0.6 is 12.4 Å². The molecule has 1 unspecified atom stereocenters. The van der Waals surface area contributed by atoms with Crippen molar-refractivity contribution < 1.29 is 24.0 Å². The number of carbonyl (C=O) groups is 5. The number of fused-ring (bicyclic) bond motifs is 1. The van der Waals surface area contributed by atoms with Gasteiger partial charge in [-0.2, -0.15) is 0 Å². The van der Waals surface area contributed by atoms with Crippen LogP contribution in [0.15, 0.2) is 18.2 Å². The fraction of sp³-hybridized carbons (Fsp3) is 0.421. The normalized spacial score (nSPS) is 20.8. The maximum atomic E-state index is 13.2. The van der Waals surface area contributed by atoms with Crippen molar-refractivity contribution in [3.05, 3.63) is 29.3 Å². The number of halogens is 1. The second-order valence-corrected chi connectivity index (χ2v) is 7.01. The zero-order valence-electron chi connectivity index (χ0n) is 15.9. The van der Waals surface area contributed by atoms with Crippen molar-refractivity contribution in [3.8, 4) is 0 Å². The molecule has 9 nitrogen and oxygen atoms in total. The van der Waals surface area contributed by atoms with E-state index in [1.807, 2.05) is 0 Å². The Hall–Kier alpha value is -2.78. The van der Waals surface area contributed by atoms with Crippen LogP contribution < -0.4 is 16.4 Å². The lowest BCUT2D eigenvalue weighted by Crippen LogP contribution is -2.64. The van der Waals surface area contributed by atoms with Gasteiger partial charge in [-0.15, -0.1) is 12.4 Å². The molecule has 1 fully saturated rings. The number of nitrogens with zero attached hydrogens (tertiary/aromatic N) is 1. The van der Waals surface area contributed by atoms with E-state index in [2.05, 4.69) is 10.6 Å². The highest BCUT2D eigenvalue weighted by molar-refractivity contribution is 6.26. The van der Waals surface area contributed by atoms with E-state index < -0.39 is 29.2 Å². The standard InChI is InChI=1S/C19H22N4O5.ClH/c1-11(24)21-13-6-4-5-12-15(13)17(27)23(16(12)26)19(8-2-3-10-20)9-7-14(25)22-18(19)28;/h4-6H,2-3,7-10,20H2,1H3,(H,21,24)(H,22,25,28);1H. The number of amides is 5. The largest absolute Gasteiger partial charge is 0.330 e. The molecule has 5 amide bonds. The molecule has 0 bridgehead atoms. The topological polar surface area (TPSA) is 139 Å². The molecule has 1 aromatic carbocycles. The molecular formula is C19H23ClN4O5. The number of nitrogens with one attached hydrogen (secondary N) is 2. The van der Waals surface area contributed by atoms with Crippen LogP contribution in [0.5, 0.6) is 0 Å². The third kappa shape index (κ3) is 3.88. The number of hydrogen-bond acceptors (Lipinski definition) is 6. The fourth-order valence-corrected chi connectivity index (χ4v) is 3.83. The van der Waals surface area contributed by atoms with Gasteiger partial charge in [0.15, 0.2) is 0 Å². The Balaban J connectivity index is 0.00000300. The summed E-state index contributed by atoms with van der Waals surface area (Å²) in [7, 11) is 0. The smallest absolute Gasteiger partial charge is 0.264 e. The average molecular weight is 423 g/mol. The van der Waals surface area contributed by atoms with E-state index in [9.17, 15) is 24.0 Å². The number of hydrogen-bond donors (Lipinski definition) is 3. The van der Waals surface area contributed by atoms with Crippen LogP contribution in [-0.2, 0) is 14.4 Å². The molecule has 1 atom stereocenters. The van der Waals surface area contributed by atoms with Crippen molar-refractivity contribution in [2.75, 3.05) is 11.9 Å². The summed E-state index contributed by atoms with van der Waals surface area (Å²) in [6.07, 6.45) is 1.43. The summed E-state index contributed by atoms with van der Waals surface area (Å²) in [4.78, 5) is 63.3. The van der Waals surface area contributed by atoms with Gasteiger partial charge in [-0.25, -0.2) is 0 Å². The molecule has 1 saturated heterocycles. The summed E-state index contributed by atoms with van der Waals surface area (Å²) < 4.78 is 0. The van der Waals surface area contributed by atoms with Crippen LogP contribution in [0.1, 0.15) is 59.7 Å². The number of benzene rings is 1. The summed E-state index contributed by atoms with van der Waals surface area (Å²) in [6, 6.07) is 4.57. The molecule has 2 heterocycles. The summed E-state index contributed by atoms with van der Waals surface area (Å²) in [6.45, 7) is 1.71. The first kappa shape index (κ1) is 22.5. The van der Waals surface area contributed by atoms with Gasteiger partial charge in [0.1, 0.15) is 5.54 Å². The number of imide groups is 2. The molecule has 0 spiro atoms. The lowest BCUT2D eigenvalue weighted by molar-refractivity contribution is -0.142. The zero-order valence-corrected chi connectivity index (χ0v) is 16.8. The van der Waals surface area contributed by atoms with E-state index in [1.165, 1.54) is 19.1 Å². The van der Waals surface area contributed by atoms with Crippen LogP contribution in [0.25, 0.3) is 0 Å². The molecule has 10 heteroatoms. The Kier molecular flexibility index (Phi) is 6.76. The molecule has 0 saturated carbocycles. The third-order valence-electron chi connectivity index (χ3n) is 5.14. The van der Waals surface area contributed by atoms with Crippen molar-refractivity contribution in [1.82, 2.24) is 10.2 Å². The first-order valence-corrected chi connectivity index (χ1v) is 9.15. The molecule has 4 N–H and O–H groups in total. The minimum atomic E-state index is -1.45. The number of rotatable bonds is 6. The van der Waals surface area contributed by atoms with Crippen LogP contribution in [0, 0.1) is 0 Å². The van der Waals surface area contributed by atoms with Gasteiger partial charge in [0.05, 0.1) is 16.8 Å². The molecule has 2 aliphatic rings. The van der Waals surface area contributed by atoms with Crippen molar-refractivity contribution in [1.29, 1.82) is 0 Å². The molecule has 0 radical (unpaired) electrons. The van der Waals surface area contributed by atoms with Gasteiger partial charge < -0.3 is 11.1 Å². The van der Waals surface area contributed by atoms with E-state index in [-0.39, 0.29) is 54.4 Å². The van der Waals surface area contributed by atoms with Crippen molar-refractivity contribution >= 4 is 47.6 Å². The Morgan fingerprint density at radius 3 is 2.55 bits per heavy atom. The van der Waals surface area contributed by atoms with Crippen LogP contribution in [-0.4, -0.2) is 46.5 Å². The maximum absolute atomic E-state index is 13.2. The van der Waals surface area contributed by atoms with Crippen LogP contribution in [0.4, 0.5) is 5.69 Å². The minimum Gasteiger partial charge on any atom is -0.330 e. The van der Waals surface area contributed by atoms with Gasteiger partial charge >= 0.3 is 0 Å². The number of anilines is 1. The van der Waals surface area contributed by atoms with E-state index >= 15 is 0 Å². The second kappa shape index (κ2) is 8.71. The second-order valence-electron chi connectivity index (χ2n) is 7.01. The van der Waals surface area contributed by atoms with Gasteiger partial charge in [-0.05, 0) is 44.4 Å². The predicted molar refractivity (Wildman–Crippen MR) is 107 cm³/mol. The predicted octanol–water partition coefficient (Wildman–Crippen LogP) is 0.967. The van der Waals surface area contributed by atoms with Crippen molar-refractivity contribution in [2.45, 2.75) is 44.6 Å². The Labute approximate surface area is 173 Å². The SMILES string of the molecule is CC(=O)Nc1cccc2c1C(=O)N(C1(CCCCN)CCC(=O)NC1=O)C2=O.Cl. The third-order valence-corrected chi connectivity index (χ3v) is 5.14. The highest BCUT2D eigenvalue weighted by atomic mass is 35.5. The van der Waals surface area contributed by atoms with Gasteiger partial charge in [0.25, 0.3) is 17.7 Å². The van der Waals surface area contributed by atoms with Gasteiger partial charge in [-0.1, -0.05) is 6.07 Å². The molecule has 29 heavy (non-hydrogen) atoms. The molecule has 0 aliphatic carbocycles. The molecule has 3 rings (SSSR count). The van der Waals surface area contributed by atoms with E-state index in [4.69, 9.17) is 5.73 Å². The number of piperidine rings is 1. The van der Waals surface area contributed by atoms with Crippen molar-refractivity contribution in [2.24, 2.45) is 5.73 Å². The lowest BCUT2D eigenvalue weighted by Gasteiger charge is -2.41. The van der Waals surface area contributed by atoms with Gasteiger partial charge in [0.2, 0.25) is 11.8 Å². The molecular weight excluding hydrogens is 400 g/mol. The first-order chi connectivity index (χ1) is 13.3. The van der Waals surface area contributed by atoms with Crippen molar-refractivity contribution in [3.63, 3.8) is 0 Å². The highest BCUT2D eigenvalue weighted by Gasteiger charge is 2.55. The molecule has 2 aliphatic heterocycles. The minimum absolute atomic E-state index is 0. The van der Waals surface area contributed by atoms with E-state index in [0.717, 1.165) is 4.90 Å². The Morgan fingerprint density at radius 1 is 1.21 bits per heavy atom. The van der Waals surface area contributed by atoms with Crippen LogP contribution in [0.2, 0.25) is 0 Å². The van der Waals surface area contributed by atoms with Crippen LogP contribution in [0.3, 0.4) is 0 Å². The lowest BCUT2D eigenvalue weighted by atomic mass is 9.82.